The Kier molecular flexibility index (Phi) is 4.59. The molecule has 0 saturated carbocycles. The van der Waals surface area contributed by atoms with Crippen LogP contribution in [-0.4, -0.2) is 8.07 Å². The van der Waals surface area contributed by atoms with Crippen LogP contribution in [0.2, 0.25) is 6.55 Å². The van der Waals surface area contributed by atoms with Gasteiger partial charge in [0, 0.05) is 0 Å². The molecule has 0 amide bonds. The Labute approximate surface area is 140 Å². The topological polar surface area (TPSA) is 0 Å². The van der Waals surface area contributed by atoms with Crippen molar-refractivity contribution in [1.82, 2.24) is 0 Å². The van der Waals surface area contributed by atoms with Crippen molar-refractivity contribution in [3.8, 4) is 0 Å². The Morgan fingerprint density at radius 1 is 0.652 bits per heavy atom. The second-order valence-electron chi connectivity index (χ2n) is 6.18. The van der Waals surface area contributed by atoms with Gasteiger partial charge in [0.25, 0.3) is 0 Å². The van der Waals surface area contributed by atoms with Crippen molar-refractivity contribution in [3.63, 3.8) is 0 Å². The van der Waals surface area contributed by atoms with E-state index in [4.69, 9.17) is 0 Å². The number of aryl methyl sites for hydroxylation is 1. The summed E-state index contributed by atoms with van der Waals surface area (Å²) >= 11 is 0. The molecule has 0 saturated heterocycles. The van der Waals surface area contributed by atoms with Crippen molar-refractivity contribution in [2.75, 3.05) is 0 Å². The summed E-state index contributed by atoms with van der Waals surface area (Å²) in [5.41, 5.74) is 5.01. The van der Waals surface area contributed by atoms with Crippen LogP contribution in [0.25, 0.3) is 6.08 Å². The van der Waals surface area contributed by atoms with E-state index in [1.807, 2.05) is 0 Å². The number of rotatable bonds is 4. The van der Waals surface area contributed by atoms with E-state index in [9.17, 15) is 0 Å². The molecule has 23 heavy (non-hydrogen) atoms. The van der Waals surface area contributed by atoms with Crippen LogP contribution in [-0.2, 0) is 0 Å². The van der Waals surface area contributed by atoms with Crippen LogP contribution in [0, 0.1) is 6.92 Å². The Hall–Kier alpha value is -2.38. The van der Waals surface area contributed by atoms with Gasteiger partial charge in [-0.05, 0) is 12.5 Å². The summed E-state index contributed by atoms with van der Waals surface area (Å²) in [6.07, 6.45) is 2.28. The SMILES string of the molecule is Cc1ccc(/C=C\[Si](C)(c2ccccc2)c2ccccc2)cc1. The van der Waals surface area contributed by atoms with Crippen LogP contribution in [0.1, 0.15) is 11.1 Å². The minimum absolute atomic E-state index is 1.26. The molecule has 0 N–H and O–H groups in total. The van der Waals surface area contributed by atoms with E-state index >= 15 is 0 Å². The average Bonchev–Trinajstić information content (AvgIpc) is 2.62. The van der Waals surface area contributed by atoms with Gasteiger partial charge >= 0.3 is 0 Å². The summed E-state index contributed by atoms with van der Waals surface area (Å²) in [7, 11) is -1.88. The molecule has 0 heterocycles. The van der Waals surface area contributed by atoms with Gasteiger partial charge < -0.3 is 0 Å². The van der Waals surface area contributed by atoms with E-state index in [0.717, 1.165) is 0 Å². The van der Waals surface area contributed by atoms with E-state index in [1.54, 1.807) is 0 Å². The first-order chi connectivity index (χ1) is 11.2. The highest BCUT2D eigenvalue weighted by molar-refractivity contribution is 7.05. The molecule has 0 atom stereocenters. The second-order valence-corrected chi connectivity index (χ2v) is 10.1. The molecule has 0 aromatic heterocycles. The molecule has 3 aromatic carbocycles. The molecule has 0 bridgehead atoms. The fourth-order valence-corrected chi connectivity index (χ4v) is 5.88. The standard InChI is InChI=1S/C22H22Si/c1-19-13-15-20(16-14-19)17-18-23(2,21-9-5-3-6-10-21)22-11-7-4-8-12-22/h3-18H,1-2H3/b18-17-. The lowest BCUT2D eigenvalue weighted by Crippen LogP contribution is -2.54. The van der Waals surface area contributed by atoms with Gasteiger partial charge in [-0.1, -0.05) is 119 Å². The Bertz CT molecular complexity index is 732. The maximum Gasteiger partial charge on any atom is 0.138 e. The molecule has 1 heteroatoms. The maximum absolute atomic E-state index is 2.45. The van der Waals surface area contributed by atoms with E-state index in [0.29, 0.717) is 0 Å². The van der Waals surface area contributed by atoms with Crippen molar-refractivity contribution < 1.29 is 0 Å². The molecule has 114 valence electrons. The minimum atomic E-state index is -1.88. The fourth-order valence-electron chi connectivity index (χ4n) is 2.87. The summed E-state index contributed by atoms with van der Waals surface area (Å²) in [4.78, 5) is 0. The van der Waals surface area contributed by atoms with Crippen LogP contribution < -0.4 is 10.4 Å². The van der Waals surface area contributed by atoms with Gasteiger partial charge in [-0.3, -0.25) is 0 Å². The van der Waals surface area contributed by atoms with Crippen LogP contribution in [0.3, 0.4) is 0 Å². The van der Waals surface area contributed by atoms with Crippen molar-refractivity contribution in [1.29, 1.82) is 0 Å². The lowest BCUT2D eigenvalue weighted by molar-refractivity contribution is 1.46. The zero-order chi connectivity index (χ0) is 16.1. The summed E-state index contributed by atoms with van der Waals surface area (Å²) in [5.74, 6) is 0. The molecule has 0 aliphatic heterocycles. The van der Waals surface area contributed by atoms with Gasteiger partial charge in [0.2, 0.25) is 0 Å². The average molecular weight is 315 g/mol. The van der Waals surface area contributed by atoms with Gasteiger partial charge in [0.1, 0.15) is 8.07 Å². The van der Waals surface area contributed by atoms with Gasteiger partial charge in [-0.15, -0.1) is 0 Å². The first-order valence-electron chi connectivity index (χ1n) is 8.05. The number of hydrogen-bond acceptors (Lipinski definition) is 0. The molecule has 0 radical (unpaired) electrons. The quantitative estimate of drug-likeness (QED) is 0.625. The highest BCUT2D eigenvalue weighted by Gasteiger charge is 2.28. The largest absolute Gasteiger partial charge is 0.138 e. The van der Waals surface area contributed by atoms with Crippen molar-refractivity contribution in [2.24, 2.45) is 0 Å². The lowest BCUT2D eigenvalue weighted by Gasteiger charge is -2.25. The zero-order valence-corrected chi connectivity index (χ0v) is 14.7. The predicted octanol–water partition coefficient (Wildman–Crippen LogP) is 4.44. The summed E-state index contributed by atoms with van der Waals surface area (Å²) in [6.45, 7) is 4.54. The minimum Gasteiger partial charge on any atom is -0.0855 e. The smallest absolute Gasteiger partial charge is 0.0855 e. The third-order valence-corrected chi connectivity index (χ3v) is 8.33. The van der Waals surface area contributed by atoms with E-state index < -0.39 is 8.07 Å². The van der Waals surface area contributed by atoms with E-state index in [2.05, 4.69) is 110 Å². The Morgan fingerprint density at radius 2 is 1.13 bits per heavy atom. The highest BCUT2D eigenvalue weighted by Crippen LogP contribution is 2.12. The summed E-state index contributed by atoms with van der Waals surface area (Å²) in [5, 5.41) is 2.88. The molecule has 0 nitrogen and oxygen atoms in total. The summed E-state index contributed by atoms with van der Waals surface area (Å²) in [6, 6.07) is 30.5. The van der Waals surface area contributed by atoms with Gasteiger partial charge in [0.05, 0.1) is 0 Å². The molecule has 0 aliphatic rings. The monoisotopic (exact) mass is 314 g/mol. The first kappa shape index (κ1) is 15.5. The van der Waals surface area contributed by atoms with Crippen LogP contribution >= 0.6 is 0 Å². The van der Waals surface area contributed by atoms with E-state index in [-0.39, 0.29) is 0 Å². The molecule has 0 fully saturated rings. The zero-order valence-electron chi connectivity index (χ0n) is 13.7. The second kappa shape index (κ2) is 6.80. The van der Waals surface area contributed by atoms with Gasteiger partial charge in [-0.2, -0.15) is 0 Å². The highest BCUT2D eigenvalue weighted by atomic mass is 28.3. The van der Waals surface area contributed by atoms with Crippen LogP contribution in [0.5, 0.6) is 0 Å². The van der Waals surface area contributed by atoms with Crippen LogP contribution in [0.4, 0.5) is 0 Å². The van der Waals surface area contributed by atoms with Crippen molar-refractivity contribution in [3.05, 3.63) is 102 Å². The van der Waals surface area contributed by atoms with Gasteiger partial charge in [-0.25, -0.2) is 0 Å². The molecule has 0 unspecified atom stereocenters. The van der Waals surface area contributed by atoms with Crippen molar-refractivity contribution >= 4 is 24.5 Å². The molecular weight excluding hydrogens is 292 g/mol. The normalized spacial score (nSPS) is 11.7. The number of benzene rings is 3. The van der Waals surface area contributed by atoms with E-state index in [1.165, 1.54) is 21.5 Å². The molecular formula is C22H22Si. The van der Waals surface area contributed by atoms with Gasteiger partial charge in [0.15, 0.2) is 0 Å². The predicted molar refractivity (Wildman–Crippen MR) is 104 cm³/mol. The first-order valence-corrected chi connectivity index (χ1v) is 10.6. The van der Waals surface area contributed by atoms with Crippen molar-refractivity contribution in [2.45, 2.75) is 13.5 Å². The molecule has 3 aromatic rings. The maximum atomic E-state index is 2.45. The molecule has 0 aliphatic carbocycles. The fraction of sp³-hybridized carbons (Fsp3) is 0.0909. The van der Waals surface area contributed by atoms with Crippen LogP contribution in [0.15, 0.2) is 90.6 Å². The molecule has 0 spiro atoms. The summed E-state index contributed by atoms with van der Waals surface area (Å²) < 4.78 is 0. The Balaban J connectivity index is 2.04. The number of hydrogen-bond donors (Lipinski definition) is 0. The third-order valence-electron chi connectivity index (χ3n) is 4.43. The lowest BCUT2D eigenvalue weighted by atomic mass is 10.2. The third kappa shape index (κ3) is 3.52. The Morgan fingerprint density at radius 3 is 1.61 bits per heavy atom. The molecule has 3 rings (SSSR count).